The molecule has 0 atom stereocenters. The van der Waals surface area contributed by atoms with Crippen LogP contribution >= 0.6 is 11.3 Å². The predicted molar refractivity (Wildman–Crippen MR) is 119 cm³/mol. The van der Waals surface area contributed by atoms with E-state index in [0.717, 1.165) is 36.0 Å². The molecule has 0 N–H and O–H groups in total. The van der Waals surface area contributed by atoms with E-state index in [1.54, 1.807) is 12.1 Å². The van der Waals surface area contributed by atoms with E-state index in [1.165, 1.54) is 33.3 Å². The summed E-state index contributed by atoms with van der Waals surface area (Å²) in [6.45, 7) is 5.99. The second kappa shape index (κ2) is 8.45. The summed E-state index contributed by atoms with van der Waals surface area (Å²) in [6, 6.07) is 12.3. The molecule has 2 aromatic carbocycles. The highest BCUT2D eigenvalue weighted by Gasteiger charge is 2.27. The third-order valence-corrected chi connectivity index (χ3v) is 8.44. The van der Waals surface area contributed by atoms with Crippen molar-refractivity contribution in [1.82, 2.24) is 8.87 Å². The van der Waals surface area contributed by atoms with E-state index in [9.17, 15) is 13.2 Å². The summed E-state index contributed by atoms with van der Waals surface area (Å²) in [5.41, 5.74) is 2.74. The molecular formula is C22H25N3O3S2. The number of hydrogen-bond acceptors (Lipinski definition) is 4. The number of nitrogens with zero attached hydrogens (tertiary/aromatic N) is 3. The normalized spacial score (nSPS) is 15.9. The number of carbonyl (C=O) groups excluding carboxylic acids is 1. The van der Waals surface area contributed by atoms with Gasteiger partial charge in [-0.1, -0.05) is 30.4 Å². The van der Waals surface area contributed by atoms with Crippen molar-refractivity contribution in [2.24, 2.45) is 4.99 Å². The molecule has 0 spiro atoms. The molecule has 0 unspecified atom stereocenters. The Morgan fingerprint density at radius 2 is 1.77 bits per heavy atom. The van der Waals surface area contributed by atoms with Crippen LogP contribution in [0.3, 0.4) is 0 Å². The van der Waals surface area contributed by atoms with Crippen LogP contribution in [0.25, 0.3) is 10.2 Å². The van der Waals surface area contributed by atoms with Gasteiger partial charge in [0.15, 0.2) is 4.80 Å². The number of para-hydroxylation sites is 1. The maximum absolute atomic E-state index is 12.8. The van der Waals surface area contributed by atoms with Crippen LogP contribution in [-0.2, 0) is 23.0 Å². The fourth-order valence-electron chi connectivity index (χ4n) is 3.87. The number of hydrogen-bond donors (Lipinski definition) is 0. The molecule has 1 aliphatic rings. The van der Waals surface area contributed by atoms with Crippen molar-refractivity contribution in [2.45, 2.75) is 44.6 Å². The van der Waals surface area contributed by atoms with Crippen LogP contribution in [-0.4, -0.2) is 36.3 Å². The number of rotatable bonds is 5. The maximum atomic E-state index is 12.8. The van der Waals surface area contributed by atoms with Crippen molar-refractivity contribution in [3.05, 3.63) is 58.4 Å². The second-order valence-electron chi connectivity index (χ2n) is 7.30. The maximum Gasteiger partial charge on any atom is 0.279 e. The molecule has 2 heterocycles. The van der Waals surface area contributed by atoms with Crippen LogP contribution in [0.5, 0.6) is 0 Å². The Morgan fingerprint density at radius 1 is 1.07 bits per heavy atom. The lowest BCUT2D eigenvalue weighted by Crippen LogP contribution is -2.27. The SMILES string of the molecule is CCc1cccc2sc(=NC(=O)c3ccc(S(=O)(=O)N4CCCC4)cc3)n(CC)c12. The van der Waals surface area contributed by atoms with Gasteiger partial charge in [-0.15, -0.1) is 0 Å². The minimum Gasteiger partial charge on any atom is -0.316 e. The summed E-state index contributed by atoms with van der Waals surface area (Å²) in [7, 11) is -3.49. The molecule has 1 fully saturated rings. The number of aryl methyl sites for hydroxylation is 2. The van der Waals surface area contributed by atoms with Gasteiger partial charge >= 0.3 is 0 Å². The smallest absolute Gasteiger partial charge is 0.279 e. The summed E-state index contributed by atoms with van der Waals surface area (Å²) in [4.78, 5) is 18.0. The predicted octanol–water partition coefficient (Wildman–Crippen LogP) is 3.81. The van der Waals surface area contributed by atoms with E-state index in [0.29, 0.717) is 23.5 Å². The first-order valence-electron chi connectivity index (χ1n) is 10.3. The van der Waals surface area contributed by atoms with Crippen molar-refractivity contribution in [3.8, 4) is 0 Å². The molecule has 0 bridgehead atoms. The lowest BCUT2D eigenvalue weighted by molar-refractivity contribution is 0.0997. The molecule has 0 saturated carbocycles. The molecule has 1 saturated heterocycles. The van der Waals surface area contributed by atoms with Crippen LogP contribution in [0, 0.1) is 0 Å². The number of benzene rings is 2. The Morgan fingerprint density at radius 3 is 2.40 bits per heavy atom. The second-order valence-corrected chi connectivity index (χ2v) is 10.2. The van der Waals surface area contributed by atoms with Gasteiger partial charge in [0.25, 0.3) is 5.91 Å². The summed E-state index contributed by atoms with van der Waals surface area (Å²) < 4.78 is 30.0. The van der Waals surface area contributed by atoms with Gasteiger partial charge in [-0.05, 0) is 62.1 Å². The van der Waals surface area contributed by atoms with Crippen molar-refractivity contribution < 1.29 is 13.2 Å². The molecule has 1 aromatic heterocycles. The molecule has 1 amide bonds. The fraction of sp³-hybridized carbons (Fsp3) is 0.364. The zero-order chi connectivity index (χ0) is 21.3. The lowest BCUT2D eigenvalue weighted by Gasteiger charge is -2.15. The average molecular weight is 444 g/mol. The molecule has 4 rings (SSSR count). The minimum atomic E-state index is -3.49. The molecule has 0 aliphatic carbocycles. The fourth-order valence-corrected chi connectivity index (χ4v) is 6.52. The van der Waals surface area contributed by atoms with Gasteiger partial charge in [0, 0.05) is 25.2 Å². The average Bonchev–Trinajstić information content (AvgIpc) is 3.41. The van der Waals surface area contributed by atoms with Crippen LogP contribution in [0.4, 0.5) is 0 Å². The molecule has 0 radical (unpaired) electrons. The lowest BCUT2D eigenvalue weighted by atomic mass is 10.1. The largest absolute Gasteiger partial charge is 0.316 e. The van der Waals surface area contributed by atoms with Crippen molar-refractivity contribution in [1.29, 1.82) is 0 Å². The Kier molecular flexibility index (Phi) is 5.90. The van der Waals surface area contributed by atoms with Crippen LogP contribution in [0.15, 0.2) is 52.4 Å². The van der Waals surface area contributed by atoms with Crippen molar-refractivity contribution in [2.75, 3.05) is 13.1 Å². The zero-order valence-corrected chi connectivity index (χ0v) is 18.8. The molecule has 158 valence electrons. The van der Waals surface area contributed by atoms with Gasteiger partial charge in [-0.2, -0.15) is 9.30 Å². The van der Waals surface area contributed by atoms with E-state index in [2.05, 4.69) is 22.5 Å². The third-order valence-electron chi connectivity index (χ3n) is 5.48. The number of carbonyl (C=O) groups is 1. The van der Waals surface area contributed by atoms with Crippen LogP contribution in [0.1, 0.15) is 42.6 Å². The molecule has 8 heteroatoms. The van der Waals surface area contributed by atoms with E-state index in [-0.39, 0.29) is 10.8 Å². The molecular weight excluding hydrogens is 418 g/mol. The van der Waals surface area contributed by atoms with Crippen LogP contribution in [0.2, 0.25) is 0 Å². The molecule has 30 heavy (non-hydrogen) atoms. The van der Waals surface area contributed by atoms with Crippen molar-refractivity contribution in [3.63, 3.8) is 0 Å². The van der Waals surface area contributed by atoms with Gasteiger partial charge in [0.1, 0.15) is 0 Å². The van der Waals surface area contributed by atoms with E-state index in [1.807, 2.05) is 19.1 Å². The Labute approximate surface area is 180 Å². The first-order chi connectivity index (χ1) is 14.5. The zero-order valence-electron chi connectivity index (χ0n) is 17.2. The van der Waals surface area contributed by atoms with Gasteiger partial charge < -0.3 is 4.57 Å². The topological polar surface area (TPSA) is 71.7 Å². The van der Waals surface area contributed by atoms with E-state index in [4.69, 9.17) is 0 Å². The number of aromatic nitrogens is 1. The van der Waals surface area contributed by atoms with Crippen molar-refractivity contribution >= 4 is 37.5 Å². The molecule has 3 aromatic rings. The third kappa shape index (κ3) is 3.75. The van der Waals surface area contributed by atoms with Gasteiger partial charge in [0.2, 0.25) is 10.0 Å². The molecule has 1 aliphatic heterocycles. The van der Waals surface area contributed by atoms with Gasteiger partial charge in [-0.25, -0.2) is 8.42 Å². The first-order valence-corrected chi connectivity index (χ1v) is 12.5. The Balaban J connectivity index is 1.68. The number of fused-ring (bicyclic) bond motifs is 1. The minimum absolute atomic E-state index is 0.221. The van der Waals surface area contributed by atoms with E-state index >= 15 is 0 Å². The summed E-state index contributed by atoms with van der Waals surface area (Å²) in [6.07, 6.45) is 2.69. The number of sulfonamides is 1. The van der Waals surface area contributed by atoms with Gasteiger partial charge in [-0.3, -0.25) is 4.79 Å². The highest BCUT2D eigenvalue weighted by atomic mass is 32.2. The van der Waals surface area contributed by atoms with Gasteiger partial charge in [0.05, 0.1) is 15.1 Å². The van der Waals surface area contributed by atoms with Crippen LogP contribution < -0.4 is 4.80 Å². The number of thiazole rings is 1. The Bertz CT molecular complexity index is 1250. The summed E-state index contributed by atoms with van der Waals surface area (Å²) >= 11 is 1.50. The molecule has 6 nitrogen and oxygen atoms in total. The number of amides is 1. The summed E-state index contributed by atoms with van der Waals surface area (Å²) in [5.74, 6) is -0.369. The highest BCUT2D eigenvalue weighted by Crippen LogP contribution is 2.23. The van der Waals surface area contributed by atoms with E-state index < -0.39 is 10.0 Å². The monoisotopic (exact) mass is 443 g/mol. The standard InChI is InChI=1S/C22H25N3O3S2/c1-3-16-8-7-9-19-20(16)25(4-2)22(29-19)23-21(26)17-10-12-18(13-11-17)30(27,28)24-14-5-6-15-24/h7-13H,3-6,14-15H2,1-2H3. The quantitative estimate of drug-likeness (QED) is 0.602. The first kappa shape index (κ1) is 21.0. The highest BCUT2D eigenvalue weighted by molar-refractivity contribution is 7.89. The Hall–Kier alpha value is -2.29. The summed E-state index contributed by atoms with van der Waals surface area (Å²) in [5, 5.41) is 0.